The fourth-order valence-corrected chi connectivity index (χ4v) is 3.62. The van der Waals surface area contributed by atoms with E-state index in [1.54, 1.807) is 4.57 Å². The van der Waals surface area contributed by atoms with Crippen molar-refractivity contribution < 1.29 is 5.11 Å². The molecular formula is C21H30N6O2. The fraction of sp³-hybridized carbons (Fsp3) is 0.476. The van der Waals surface area contributed by atoms with Crippen LogP contribution in [0.1, 0.15) is 50.7 Å². The predicted octanol–water partition coefficient (Wildman–Crippen LogP) is 2.67. The number of fused-ring (bicyclic) bond motifs is 3. The molecule has 1 atom stereocenters. The maximum Gasteiger partial charge on any atom is 0.328 e. The number of nitrogens with two attached hydrogens (primary N) is 1. The number of aliphatic hydroxyl groups is 1. The number of imidazole rings is 1. The molecule has 8 nitrogen and oxygen atoms in total. The number of benzene rings is 1. The van der Waals surface area contributed by atoms with Crippen molar-refractivity contribution in [3.63, 3.8) is 0 Å². The molecule has 3 aromatic rings. The third-order valence-corrected chi connectivity index (χ3v) is 5.05. The number of rotatable bonds is 1. The quantitative estimate of drug-likeness (QED) is 0.500. The highest BCUT2D eigenvalue weighted by Crippen LogP contribution is 2.20. The highest BCUT2D eigenvalue weighted by molar-refractivity contribution is 5.82. The zero-order chi connectivity index (χ0) is 20.8. The SMILES string of the molecule is CC.Nc1nc2nc3c1[nH]c(=O)n3Cc1cccc(c1)CCCCCC(CO)N2. The average Bonchev–Trinajstić information content (AvgIpc) is 3.04. The van der Waals surface area contributed by atoms with Gasteiger partial charge in [-0.05, 0) is 30.4 Å². The van der Waals surface area contributed by atoms with Crippen molar-refractivity contribution in [3.05, 3.63) is 45.9 Å². The van der Waals surface area contributed by atoms with Crippen LogP contribution < -0.4 is 16.7 Å². The van der Waals surface area contributed by atoms with Crippen LogP contribution in [0, 0.1) is 0 Å². The predicted molar refractivity (Wildman–Crippen MR) is 116 cm³/mol. The Balaban J connectivity index is 0.00000117. The summed E-state index contributed by atoms with van der Waals surface area (Å²) in [6.07, 6.45) is 5.00. The third kappa shape index (κ3) is 4.76. The maximum absolute atomic E-state index is 12.5. The summed E-state index contributed by atoms with van der Waals surface area (Å²) >= 11 is 0. The maximum atomic E-state index is 12.5. The smallest absolute Gasteiger partial charge is 0.328 e. The molecule has 2 aromatic heterocycles. The van der Waals surface area contributed by atoms with Crippen LogP contribution in [0.15, 0.2) is 29.1 Å². The van der Waals surface area contributed by atoms with Gasteiger partial charge in [0.15, 0.2) is 11.5 Å². The number of aromatic nitrogens is 4. The summed E-state index contributed by atoms with van der Waals surface area (Å²) in [6.45, 7) is 4.40. The number of nitrogens with zero attached hydrogens (tertiary/aromatic N) is 3. The highest BCUT2D eigenvalue weighted by atomic mass is 16.3. The van der Waals surface area contributed by atoms with Gasteiger partial charge < -0.3 is 21.1 Å². The second kappa shape index (κ2) is 9.56. The molecule has 5 N–H and O–H groups in total. The molecule has 29 heavy (non-hydrogen) atoms. The molecule has 1 aliphatic rings. The minimum absolute atomic E-state index is 0.0119. The van der Waals surface area contributed by atoms with E-state index in [1.165, 1.54) is 5.56 Å². The van der Waals surface area contributed by atoms with Crippen LogP contribution in [0.2, 0.25) is 0 Å². The van der Waals surface area contributed by atoms with Gasteiger partial charge in [-0.2, -0.15) is 9.97 Å². The molecule has 0 saturated heterocycles. The van der Waals surface area contributed by atoms with Gasteiger partial charge in [-0.15, -0.1) is 0 Å². The molecule has 1 unspecified atom stereocenters. The minimum Gasteiger partial charge on any atom is -0.394 e. The van der Waals surface area contributed by atoms with Gasteiger partial charge in [-0.25, -0.2) is 4.79 Å². The molecule has 0 aliphatic carbocycles. The second-order valence-corrected chi connectivity index (χ2v) is 7.09. The number of anilines is 2. The van der Waals surface area contributed by atoms with E-state index in [2.05, 4.69) is 32.4 Å². The van der Waals surface area contributed by atoms with Crippen molar-refractivity contribution in [3.8, 4) is 0 Å². The van der Waals surface area contributed by atoms with Crippen molar-refractivity contribution in [1.82, 2.24) is 19.5 Å². The van der Waals surface area contributed by atoms with E-state index in [0.717, 1.165) is 37.7 Å². The standard InChI is InChI=1S/C19H24N6O2.C2H6/c20-16-15-17-24-18(23-16)21-14(11-26)8-3-1-2-5-12-6-4-7-13(9-12)10-25(17)19(27)22-15;1-2/h4,6-7,9,14,26H,1-3,5,8,10-11H2,(H,22,27)(H3,20,21,23,24);1-2H3. The summed E-state index contributed by atoms with van der Waals surface area (Å²) in [6, 6.07) is 8.16. The van der Waals surface area contributed by atoms with E-state index in [-0.39, 0.29) is 24.2 Å². The molecule has 8 heteroatoms. The molecule has 0 saturated carbocycles. The first-order valence-corrected chi connectivity index (χ1v) is 10.4. The third-order valence-electron chi connectivity index (χ3n) is 5.05. The molecule has 0 amide bonds. The monoisotopic (exact) mass is 398 g/mol. The van der Waals surface area contributed by atoms with Crippen molar-refractivity contribution in [2.24, 2.45) is 0 Å². The van der Waals surface area contributed by atoms with Crippen LogP contribution >= 0.6 is 0 Å². The normalized spacial score (nSPS) is 17.0. The number of aryl methyl sites for hydroxylation is 1. The van der Waals surface area contributed by atoms with E-state index in [4.69, 9.17) is 5.73 Å². The molecule has 4 rings (SSSR count). The zero-order valence-corrected chi connectivity index (χ0v) is 17.1. The van der Waals surface area contributed by atoms with Gasteiger partial charge in [0.05, 0.1) is 19.2 Å². The Morgan fingerprint density at radius 1 is 1.21 bits per heavy atom. The van der Waals surface area contributed by atoms with E-state index < -0.39 is 0 Å². The fourth-order valence-electron chi connectivity index (χ4n) is 3.62. The minimum atomic E-state index is -0.267. The Labute approximate surface area is 170 Å². The van der Waals surface area contributed by atoms with E-state index in [0.29, 0.717) is 23.7 Å². The van der Waals surface area contributed by atoms with E-state index >= 15 is 0 Å². The number of aliphatic hydroxyl groups excluding tert-OH is 1. The molecule has 0 fully saturated rings. The van der Waals surface area contributed by atoms with Crippen molar-refractivity contribution >= 4 is 22.9 Å². The first-order valence-electron chi connectivity index (χ1n) is 10.4. The number of hydrogen-bond acceptors (Lipinski definition) is 6. The van der Waals surface area contributed by atoms with Gasteiger partial charge in [0.2, 0.25) is 5.95 Å². The molecule has 3 heterocycles. The topological polar surface area (TPSA) is 122 Å². The van der Waals surface area contributed by atoms with Gasteiger partial charge in [-0.3, -0.25) is 4.57 Å². The van der Waals surface area contributed by atoms with Crippen LogP contribution in [-0.2, 0) is 13.0 Å². The lowest BCUT2D eigenvalue weighted by Gasteiger charge is -2.16. The average molecular weight is 399 g/mol. The molecule has 1 aromatic carbocycles. The number of nitrogen functional groups attached to an aromatic ring is 1. The molecule has 156 valence electrons. The molecule has 0 spiro atoms. The van der Waals surface area contributed by atoms with E-state index in [1.807, 2.05) is 26.0 Å². The summed E-state index contributed by atoms with van der Waals surface area (Å²) in [5, 5.41) is 12.8. The van der Waals surface area contributed by atoms with Crippen molar-refractivity contribution in [2.75, 3.05) is 17.7 Å². The Morgan fingerprint density at radius 2 is 2.00 bits per heavy atom. The van der Waals surface area contributed by atoms with Crippen LogP contribution in [0.4, 0.5) is 11.8 Å². The number of aromatic amines is 1. The molecule has 4 bridgehead atoms. The Bertz CT molecular complexity index is 1010. The number of hydrogen-bond donors (Lipinski definition) is 4. The van der Waals surface area contributed by atoms with Crippen LogP contribution in [0.25, 0.3) is 11.2 Å². The Hall–Kier alpha value is -2.87. The molecular weight excluding hydrogens is 368 g/mol. The van der Waals surface area contributed by atoms with Gasteiger partial charge in [0.25, 0.3) is 0 Å². The van der Waals surface area contributed by atoms with Gasteiger partial charge in [-0.1, -0.05) is 51.0 Å². The summed E-state index contributed by atoms with van der Waals surface area (Å²) in [5.74, 6) is 0.545. The van der Waals surface area contributed by atoms with Gasteiger partial charge in [0, 0.05) is 0 Å². The lowest BCUT2D eigenvalue weighted by atomic mass is 10.0. The molecule has 1 aliphatic heterocycles. The first-order chi connectivity index (χ1) is 14.1. The second-order valence-electron chi connectivity index (χ2n) is 7.09. The Morgan fingerprint density at radius 3 is 2.79 bits per heavy atom. The lowest BCUT2D eigenvalue weighted by Crippen LogP contribution is -2.25. The van der Waals surface area contributed by atoms with Crippen LogP contribution in [-0.4, -0.2) is 37.3 Å². The highest BCUT2D eigenvalue weighted by Gasteiger charge is 2.16. The lowest BCUT2D eigenvalue weighted by molar-refractivity contribution is 0.266. The van der Waals surface area contributed by atoms with Crippen LogP contribution in [0.5, 0.6) is 0 Å². The number of nitrogens with one attached hydrogen (secondary N) is 2. The van der Waals surface area contributed by atoms with Gasteiger partial charge >= 0.3 is 5.69 Å². The largest absolute Gasteiger partial charge is 0.394 e. The van der Waals surface area contributed by atoms with Crippen LogP contribution in [0.3, 0.4) is 0 Å². The first kappa shape index (κ1) is 20.9. The summed E-state index contributed by atoms with van der Waals surface area (Å²) in [5.41, 5.74) is 8.99. The summed E-state index contributed by atoms with van der Waals surface area (Å²) in [7, 11) is 0. The van der Waals surface area contributed by atoms with Crippen molar-refractivity contribution in [2.45, 2.75) is 58.5 Å². The Kier molecular flexibility index (Phi) is 6.87. The van der Waals surface area contributed by atoms with E-state index in [9.17, 15) is 9.90 Å². The summed E-state index contributed by atoms with van der Waals surface area (Å²) < 4.78 is 1.57. The van der Waals surface area contributed by atoms with Crippen molar-refractivity contribution in [1.29, 1.82) is 0 Å². The molecule has 0 radical (unpaired) electrons. The summed E-state index contributed by atoms with van der Waals surface area (Å²) in [4.78, 5) is 24.0. The van der Waals surface area contributed by atoms with Gasteiger partial charge in [0.1, 0.15) is 5.52 Å². The zero-order valence-electron chi connectivity index (χ0n) is 17.1. The number of H-pyrrole nitrogens is 1.